The molecule has 0 spiro atoms. The fraction of sp³-hybridized carbons (Fsp3) is 0.364. The molecule has 2 aromatic rings. The third-order valence-electron chi connectivity index (χ3n) is 4.97. The number of benzene rings is 2. The second-order valence-corrected chi connectivity index (χ2v) is 7.24. The van der Waals surface area contributed by atoms with Crippen molar-refractivity contribution in [2.75, 3.05) is 19.7 Å². The molecule has 1 saturated heterocycles. The zero-order valence-electron chi connectivity index (χ0n) is 16.3. The number of piperidine rings is 1. The molecular formula is C22H24F2N2O3. The first-order chi connectivity index (χ1) is 13.9. The van der Waals surface area contributed by atoms with Crippen LogP contribution < -0.4 is 10.1 Å². The fourth-order valence-electron chi connectivity index (χ4n) is 3.34. The molecule has 1 heterocycles. The topological polar surface area (TPSA) is 58.6 Å². The lowest BCUT2D eigenvalue weighted by atomic mass is 10.0. The monoisotopic (exact) mass is 402 g/mol. The maximum absolute atomic E-state index is 13.3. The van der Waals surface area contributed by atoms with E-state index in [4.69, 9.17) is 4.74 Å². The lowest BCUT2D eigenvalue weighted by Crippen LogP contribution is -2.45. The van der Waals surface area contributed by atoms with E-state index in [-0.39, 0.29) is 24.3 Å². The highest BCUT2D eigenvalue weighted by atomic mass is 19.2. The number of carbonyl (C=O) groups is 2. The lowest BCUT2D eigenvalue weighted by Gasteiger charge is -2.32. The van der Waals surface area contributed by atoms with Gasteiger partial charge in [-0.25, -0.2) is 8.78 Å². The van der Waals surface area contributed by atoms with Gasteiger partial charge in [0, 0.05) is 31.2 Å². The van der Waals surface area contributed by atoms with Crippen LogP contribution in [0.25, 0.3) is 0 Å². The van der Waals surface area contributed by atoms with Crippen LogP contribution in [0.3, 0.4) is 0 Å². The first kappa shape index (κ1) is 20.9. The van der Waals surface area contributed by atoms with E-state index in [9.17, 15) is 18.4 Å². The Morgan fingerprint density at radius 3 is 2.38 bits per heavy atom. The Hall–Kier alpha value is -2.80. The van der Waals surface area contributed by atoms with Crippen molar-refractivity contribution in [1.82, 2.24) is 10.2 Å². The van der Waals surface area contributed by atoms with Gasteiger partial charge in [0.05, 0.1) is 0 Å². The number of Topliss-reactive ketones (excluding diaryl/α,β-unsaturated/α-hetero) is 1. The van der Waals surface area contributed by atoms with E-state index in [1.807, 2.05) is 0 Å². The van der Waals surface area contributed by atoms with Gasteiger partial charge in [-0.15, -0.1) is 0 Å². The van der Waals surface area contributed by atoms with Crippen LogP contribution in [0, 0.1) is 11.6 Å². The molecule has 2 aromatic carbocycles. The molecule has 0 radical (unpaired) electrons. The van der Waals surface area contributed by atoms with Crippen LogP contribution in [0.15, 0.2) is 42.5 Å². The second-order valence-electron chi connectivity index (χ2n) is 7.24. The van der Waals surface area contributed by atoms with Gasteiger partial charge in [-0.2, -0.15) is 0 Å². The predicted octanol–water partition coefficient (Wildman–Crippen LogP) is 3.33. The minimum atomic E-state index is -0.841. The van der Waals surface area contributed by atoms with E-state index < -0.39 is 11.6 Å². The third-order valence-corrected chi connectivity index (χ3v) is 4.97. The number of hydrogen-bond acceptors (Lipinski definition) is 4. The highest BCUT2D eigenvalue weighted by molar-refractivity contribution is 5.94. The molecule has 1 N–H and O–H groups in total. The van der Waals surface area contributed by atoms with Crippen molar-refractivity contribution in [2.45, 2.75) is 32.4 Å². The number of nitrogens with zero attached hydrogens (tertiary/aromatic N) is 1. The molecule has 7 heteroatoms. The van der Waals surface area contributed by atoms with Crippen LogP contribution in [0.4, 0.5) is 8.78 Å². The maximum atomic E-state index is 13.3. The smallest absolute Gasteiger partial charge is 0.258 e. The summed E-state index contributed by atoms with van der Waals surface area (Å²) in [5.41, 5.74) is 1.33. The molecule has 0 aliphatic carbocycles. The number of amides is 1. The summed E-state index contributed by atoms with van der Waals surface area (Å²) >= 11 is 0. The van der Waals surface area contributed by atoms with E-state index >= 15 is 0 Å². The Bertz CT molecular complexity index is 863. The summed E-state index contributed by atoms with van der Waals surface area (Å²) < 4.78 is 31.8. The Balaban J connectivity index is 1.39. The lowest BCUT2D eigenvalue weighted by molar-refractivity contribution is -0.124. The van der Waals surface area contributed by atoms with Crippen LogP contribution >= 0.6 is 0 Å². The van der Waals surface area contributed by atoms with Crippen LogP contribution in [0.1, 0.15) is 35.7 Å². The average molecular weight is 402 g/mol. The average Bonchev–Trinajstić information content (AvgIpc) is 2.71. The number of ketones is 1. The number of carbonyl (C=O) groups excluding carboxylic acids is 2. The summed E-state index contributed by atoms with van der Waals surface area (Å²) in [6.45, 7) is 3.48. The zero-order valence-corrected chi connectivity index (χ0v) is 16.3. The first-order valence-electron chi connectivity index (χ1n) is 9.60. The molecule has 1 amide bonds. The van der Waals surface area contributed by atoms with E-state index in [0.29, 0.717) is 17.9 Å². The molecule has 29 heavy (non-hydrogen) atoms. The Labute approximate surface area is 168 Å². The van der Waals surface area contributed by atoms with Crippen molar-refractivity contribution in [1.29, 1.82) is 0 Å². The van der Waals surface area contributed by atoms with Gasteiger partial charge in [-0.1, -0.05) is 6.07 Å². The van der Waals surface area contributed by atoms with Crippen molar-refractivity contribution in [3.05, 3.63) is 65.2 Å². The number of likely N-dealkylation sites (tertiary alicyclic amines) is 1. The Morgan fingerprint density at radius 2 is 1.76 bits per heavy atom. The summed E-state index contributed by atoms with van der Waals surface area (Å²) in [5.74, 6) is -1.36. The van der Waals surface area contributed by atoms with Crippen LogP contribution in [0.5, 0.6) is 5.75 Å². The van der Waals surface area contributed by atoms with Gasteiger partial charge in [0.25, 0.3) is 5.91 Å². The third kappa shape index (κ3) is 6.09. The number of rotatable bonds is 7. The van der Waals surface area contributed by atoms with Crippen molar-refractivity contribution in [2.24, 2.45) is 0 Å². The van der Waals surface area contributed by atoms with Crippen LogP contribution in [-0.2, 0) is 11.3 Å². The first-order valence-corrected chi connectivity index (χ1v) is 9.60. The van der Waals surface area contributed by atoms with Gasteiger partial charge in [0.1, 0.15) is 5.75 Å². The highest BCUT2D eigenvalue weighted by Gasteiger charge is 2.21. The summed E-state index contributed by atoms with van der Waals surface area (Å²) in [6.07, 6.45) is 1.56. The van der Waals surface area contributed by atoms with Gasteiger partial charge in [-0.3, -0.25) is 14.5 Å². The fourth-order valence-corrected chi connectivity index (χ4v) is 3.34. The van der Waals surface area contributed by atoms with Crippen molar-refractivity contribution < 1.29 is 23.1 Å². The Morgan fingerprint density at radius 1 is 1.07 bits per heavy atom. The number of halogens is 2. The van der Waals surface area contributed by atoms with Gasteiger partial charge in [-0.05, 0) is 61.7 Å². The molecule has 0 saturated carbocycles. The largest absolute Gasteiger partial charge is 0.484 e. The van der Waals surface area contributed by atoms with E-state index in [1.54, 1.807) is 30.3 Å². The van der Waals surface area contributed by atoms with Crippen LogP contribution in [-0.4, -0.2) is 42.3 Å². The molecule has 3 rings (SSSR count). The molecule has 1 aliphatic rings. The van der Waals surface area contributed by atoms with Gasteiger partial charge in [0.15, 0.2) is 24.0 Å². The van der Waals surface area contributed by atoms with Crippen molar-refractivity contribution in [3.8, 4) is 5.75 Å². The molecule has 0 aromatic heterocycles. The molecule has 154 valence electrons. The zero-order chi connectivity index (χ0) is 20.8. The van der Waals surface area contributed by atoms with Gasteiger partial charge >= 0.3 is 0 Å². The quantitative estimate of drug-likeness (QED) is 0.722. The normalized spacial score (nSPS) is 15.1. The molecule has 0 bridgehead atoms. The number of nitrogens with one attached hydrogen (secondary N) is 1. The Kier molecular flexibility index (Phi) is 6.93. The summed E-state index contributed by atoms with van der Waals surface area (Å²) in [4.78, 5) is 25.5. The highest BCUT2D eigenvalue weighted by Crippen LogP contribution is 2.16. The number of hydrogen-bond donors (Lipinski definition) is 1. The van der Waals surface area contributed by atoms with Gasteiger partial charge < -0.3 is 10.1 Å². The molecule has 1 aliphatic heterocycles. The van der Waals surface area contributed by atoms with Crippen LogP contribution in [0.2, 0.25) is 0 Å². The molecular weight excluding hydrogens is 378 g/mol. The van der Waals surface area contributed by atoms with E-state index in [0.717, 1.165) is 37.6 Å². The van der Waals surface area contributed by atoms with Gasteiger partial charge in [0.2, 0.25) is 0 Å². The summed E-state index contributed by atoms with van der Waals surface area (Å²) in [6, 6.07) is 10.7. The molecule has 1 fully saturated rings. The summed E-state index contributed by atoms with van der Waals surface area (Å²) in [5, 5.41) is 2.97. The molecule has 0 atom stereocenters. The second kappa shape index (κ2) is 9.60. The van der Waals surface area contributed by atoms with Crippen molar-refractivity contribution >= 4 is 11.7 Å². The SMILES string of the molecule is CC(=O)c1ccc(OCC(=O)NC2CCN(Cc3ccc(F)c(F)c3)CC2)cc1. The molecule has 5 nitrogen and oxygen atoms in total. The predicted molar refractivity (Wildman–Crippen MR) is 105 cm³/mol. The van der Waals surface area contributed by atoms with E-state index in [1.165, 1.54) is 13.0 Å². The maximum Gasteiger partial charge on any atom is 0.258 e. The molecule has 0 unspecified atom stereocenters. The standard InChI is InChI=1S/C22H24F2N2O3/c1-15(27)17-3-5-19(6-4-17)29-14-22(28)25-18-8-10-26(11-9-18)13-16-2-7-20(23)21(24)12-16/h2-7,12,18H,8-11,13-14H2,1H3,(H,25,28). The van der Waals surface area contributed by atoms with Crippen molar-refractivity contribution in [3.63, 3.8) is 0 Å². The van der Waals surface area contributed by atoms with E-state index in [2.05, 4.69) is 10.2 Å². The minimum Gasteiger partial charge on any atom is -0.484 e. The summed E-state index contributed by atoms with van der Waals surface area (Å²) in [7, 11) is 0. The minimum absolute atomic E-state index is 0.0230. The number of ether oxygens (including phenoxy) is 1.